The molecule has 0 bridgehead atoms. The number of nitrogens with zero attached hydrogens (tertiary/aromatic N) is 4. The number of rotatable bonds is 10. The fraction of sp³-hybridized carbons (Fsp3) is 0.516. The summed E-state index contributed by atoms with van der Waals surface area (Å²) in [4.78, 5) is 22.7. The molecule has 3 aromatic rings. The molecule has 2 fully saturated rings. The van der Waals surface area contributed by atoms with Crippen molar-refractivity contribution in [2.24, 2.45) is 0 Å². The number of nitrogens with one attached hydrogen (secondary N) is 2. The number of aromatic amines is 2. The van der Waals surface area contributed by atoms with E-state index < -0.39 is 0 Å². The van der Waals surface area contributed by atoms with E-state index in [0.717, 1.165) is 95.1 Å². The van der Waals surface area contributed by atoms with E-state index in [0.29, 0.717) is 6.04 Å². The summed E-state index contributed by atoms with van der Waals surface area (Å²) in [6, 6.07) is 18.0. The molecule has 0 amide bonds. The van der Waals surface area contributed by atoms with Crippen molar-refractivity contribution < 1.29 is 4.39 Å². The van der Waals surface area contributed by atoms with Crippen LogP contribution in [0.25, 0.3) is 11.3 Å². The van der Waals surface area contributed by atoms with Crippen molar-refractivity contribution in [3.05, 3.63) is 81.9 Å². The minimum absolute atomic E-state index is 0. The van der Waals surface area contributed by atoms with Crippen LogP contribution in [0.3, 0.4) is 0 Å². The van der Waals surface area contributed by atoms with Gasteiger partial charge in [0, 0.05) is 76.5 Å². The van der Waals surface area contributed by atoms with Gasteiger partial charge in [0.1, 0.15) is 5.82 Å². The highest BCUT2D eigenvalue weighted by Gasteiger charge is 2.29. The lowest BCUT2D eigenvalue weighted by Gasteiger charge is -2.43. The van der Waals surface area contributed by atoms with Crippen LogP contribution in [0.5, 0.6) is 0 Å². The van der Waals surface area contributed by atoms with Gasteiger partial charge in [-0.05, 0) is 56.5 Å². The van der Waals surface area contributed by atoms with Crippen molar-refractivity contribution >= 4 is 49.6 Å². The zero-order valence-electron chi connectivity index (χ0n) is 25.0. The molecule has 0 saturated carbocycles. The molecule has 12 heteroatoms. The predicted molar refractivity (Wildman–Crippen MR) is 184 cm³/mol. The third kappa shape index (κ3) is 10.5. The second kappa shape index (κ2) is 19.0. The molecule has 0 aliphatic carbocycles. The smallest absolute Gasteiger partial charge is 0.267 e. The Kier molecular flexibility index (Phi) is 17.4. The summed E-state index contributed by atoms with van der Waals surface area (Å²) >= 11 is 0. The second-order valence-corrected chi connectivity index (χ2v) is 11.3. The molecular weight excluding hydrogens is 633 g/mol. The van der Waals surface area contributed by atoms with Crippen LogP contribution in [-0.4, -0.2) is 101 Å². The standard InChI is InChI=1S/C31H43FN6O.4ClH/c1-24(2)37-19-21-38(22-20-37)29(25-10-12-27(32)13-11-25)23-36-17-15-35(16-18-36)14-6-9-28-30(33-34-31(28)39)26-7-4-3-5-8-26;;;;/h3-5,7-8,10-13,24,29H,6,9,14-23H2,1-2H3,(H2,33,34,39);4*1H. The van der Waals surface area contributed by atoms with E-state index in [-0.39, 0.29) is 67.0 Å². The van der Waals surface area contributed by atoms with Gasteiger partial charge in [-0.15, -0.1) is 49.6 Å². The van der Waals surface area contributed by atoms with Gasteiger partial charge in [-0.3, -0.25) is 29.7 Å². The Labute approximate surface area is 280 Å². The lowest BCUT2D eigenvalue weighted by Crippen LogP contribution is -2.53. The highest BCUT2D eigenvalue weighted by Crippen LogP contribution is 2.25. The molecule has 43 heavy (non-hydrogen) atoms. The van der Waals surface area contributed by atoms with Crippen LogP contribution in [0, 0.1) is 5.82 Å². The van der Waals surface area contributed by atoms with Gasteiger partial charge in [0.25, 0.3) is 5.56 Å². The SMILES string of the molecule is CC(C)N1CCN(C(CN2CCN(CCCc3c(-c4ccccc4)[nH][nH]c3=O)CC2)c2ccc(F)cc2)CC1.Cl.Cl.Cl.Cl. The molecule has 0 spiro atoms. The summed E-state index contributed by atoms with van der Waals surface area (Å²) in [6.45, 7) is 14.9. The van der Waals surface area contributed by atoms with Crippen LogP contribution in [0.15, 0.2) is 59.4 Å². The molecule has 1 atom stereocenters. The minimum Gasteiger partial charge on any atom is -0.301 e. The van der Waals surface area contributed by atoms with E-state index in [1.54, 1.807) is 12.1 Å². The normalized spacial score (nSPS) is 17.3. The predicted octanol–water partition coefficient (Wildman–Crippen LogP) is 5.51. The van der Waals surface area contributed by atoms with Gasteiger partial charge >= 0.3 is 0 Å². The lowest BCUT2D eigenvalue weighted by molar-refractivity contribution is 0.0481. The second-order valence-electron chi connectivity index (χ2n) is 11.3. The van der Waals surface area contributed by atoms with Crippen LogP contribution >= 0.6 is 49.6 Å². The Balaban J connectivity index is 0.00000231. The first-order valence-electron chi connectivity index (χ1n) is 14.5. The summed E-state index contributed by atoms with van der Waals surface area (Å²) in [5.41, 5.74) is 3.99. The van der Waals surface area contributed by atoms with Crippen LogP contribution < -0.4 is 5.56 Å². The van der Waals surface area contributed by atoms with Crippen LogP contribution in [0.1, 0.15) is 37.4 Å². The van der Waals surface area contributed by atoms with E-state index in [1.165, 1.54) is 5.56 Å². The molecule has 2 aliphatic heterocycles. The minimum atomic E-state index is -0.173. The van der Waals surface area contributed by atoms with Crippen molar-refractivity contribution in [1.82, 2.24) is 29.8 Å². The molecule has 242 valence electrons. The lowest BCUT2D eigenvalue weighted by atomic mass is 10.0. The average Bonchev–Trinajstić information content (AvgIpc) is 3.33. The third-order valence-corrected chi connectivity index (χ3v) is 8.51. The molecular formula is C31H47Cl4FN6O. The molecule has 2 aliphatic rings. The zero-order chi connectivity index (χ0) is 27.2. The maximum absolute atomic E-state index is 13.7. The summed E-state index contributed by atoms with van der Waals surface area (Å²) < 4.78 is 13.7. The molecule has 2 N–H and O–H groups in total. The van der Waals surface area contributed by atoms with Gasteiger partial charge in [-0.1, -0.05) is 42.5 Å². The van der Waals surface area contributed by atoms with Gasteiger partial charge in [0.05, 0.1) is 5.69 Å². The molecule has 2 aromatic carbocycles. The summed E-state index contributed by atoms with van der Waals surface area (Å²) in [5, 5.41) is 5.84. The number of piperazine rings is 2. The van der Waals surface area contributed by atoms with E-state index in [1.807, 2.05) is 42.5 Å². The monoisotopic (exact) mass is 678 g/mol. The Bertz CT molecular complexity index is 1230. The van der Waals surface area contributed by atoms with Gasteiger partial charge in [-0.2, -0.15) is 0 Å². The Hall–Kier alpha value is -1.62. The van der Waals surface area contributed by atoms with Crippen molar-refractivity contribution in [3.63, 3.8) is 0 Å². The summed E-state index contributed by atoms with van der Waals surface area (Å²) in [5.74, 6) is -0.173. The fourth-order valence-corrected chi connectivity index (χ4v) is 6.08. The maximum atomic E-state index is 13.7. The number of halogens is 5. The van der Waals surface area contributed by atoms with Crippen LogP contribution in [0.2, 0.25) is 0 Å². The summed E-state index contributed by atoms with van der Waals surface area (Å²) in [7, 11) is 0. The average molecular weight is 681 g/mol. The molecule has 0 radical (unpaired) electrons. The third-order valence-electron chi connectivity index (χ3n) is 8.51. The van der Waals surface area contributed by atoms with E-state index in [2.05, 4.69) is 43.6 Å². The van der Waals surface area contributed by atoms with Crippen molar-refractivity contribution in [3.8, 4) is 11.3 Å². The van der Waals surface area contributed by atoms with Crippen LogP contribution in [-0.2, 0) is 6.42 Å². The molecule has 1 aromatic heterocycles. The molecule has 5 rings (SSSR count). The van der Waals surface area contributed by atoms with Crippen molar-refractivity contribution in [2.45, 2.75) is 38.8 Å². The highest BCUT2D eigenvalue weighted by atomic mass is 35.5. The first-order valence-corrected chi connectivity index (χ1v) is 14.5. The van der Waals surface area contributed by atoms with E-state index in [9.17, 15) is 9.18 Å². The number of hydrogen-bond acceptors (Lipinski definition) is 5. The zero-order valence-corrected chi connectivity index (χ0v) is 28.3. The quantitative estimate of drug-likeness (QED) is 0.296. The number of hydrogen-bond donors (Lipinski definition) is 2. The van der Waals surface area contributed by atoms with Gasteiger partial charge in [0.2, 0.25) is 0 Å². The maximum Gasteiger partial charge on any atom is 0.267 e. The molecule has 3 heterocycles. The van der Waals surface area contributed by atoms with E-state index >= 15 is 0 Å². The fourth-order valence-electron chi connectivity index (χ4n) is 6.08. The van der Waals surface area contributed by atoms with Crippen LogP contribution in [0.4, 0.5) is 4.39 Å². The van der Waals surface area contributed by atoms with Gasteiger partial charge in [0.15, 0.2) is 0 Å². The number of aromatic nitrogens is 2. The van der Waals surface area contributed by atoms with Gasteiger partial charge < -0.3 is 4.90 Å². The first-order chi connectivity index (χ1) is 19.0. The molecule has 1 unspecified atom stereocenters. The Morgan fingerprint density at radius 2 is 1.33 bits per heavy atom. The van der Waals surface area contributed by atoms with Gasteiger partial charge in [-0.25, -0.2) is 4.39 Å². The number of H-pyrrole nitrogens is 2. The highest BCUT2D eigenvalue weighted by molar-refractivity contribution is 5.86. The Morgan fingerprint density at radius 1 is 0.744 bits per heavy atom. The summed E-state index contributed by atoms with van der Waals surface area (Å²) in [6.07, 6.45) is 1.72. The Morgan fingerprint density at radius 3 is 1.93 bits per heavy atom. The molecule has 2 saturated heterocycles. The van der Waals surface area contributed by atoms with Crippen molar-refractivity contribution in [2.75, 3.05) is 65.4 Å². The van der Waals surface area contributed by atoms with Crippen molar-refractivity contribution in [1.29, 1.82) is 0 Å². The topological polar surface area (TPSA) is 61.6 Å². The first kappa shape index (κ1) is 39.4. The number of benzene rings is 2. The molecule has 7 nitrogen and oxygen atoms in total. The largest absolute Gasteiger partial charge is 0.301 e. The van der Waals surface area contributed by atoms with E-state index in [4.69, 9.17) is 0 Å².